The molecule has 2 rings (SSSR count). The summed E-state index contributed by atoms with van der Waals surface area (Å²) in [6.07, 6.45) is 3.17. The van der Waals surface area contributed by atoms with Crippen molar-refractivity contribution in [3.63, 3.8) is 0 Å². The molecule has 0 aliphatic carbocycles. The summed E-state index contributed by atoms with van der Waals surface area (Å²) >= 11 is 0. The monoisotopic (exact) mass is 312 g/mol. The lowest BCUT2D eigenvalue weighted by Gasteiger charge is -2.41. The first-order valence-corrected chi connectivity index (χ1v) is 8.54. The molecule has 0 aromatic rings. The number of fused-ring (bicyclic) bond motifs is 1. The van der Waals surface area contributed by atoms with Crippen LogP contribution in [-0.4, -0.2) is 72.8 Å². The molecular formula is C16H32N4O2. The Kier molecular flexibility index (Phi) is 6.06. The van der Waals surface area contributed by atoms with Crippen LogP contribution in [0.15, 0.2) is 0 Å². The van der Waals surface area contributed by atoms with Gasteiger partial charge in [0.15, 0.2) is 0 Å². The Balaban J connectivity index is 1.72. The first-order chi connectivity index (χ1) is 10.4. The lowest BCUT2D eigenvalue weighted by atomic mass is 10.1. The Bertz CT molecular complexity index is 370. The summed E-state index contributed by atoms with van der Waals surface area (Å²) in [5.74, 6) is 0. The predicted octanol–water partition coefficient (Wildman–Crippen LogP) is 1.01. The first kappa shape index (κ1) is 17.5. The van der Waals surface area contributed by atoms with Crippen LogP contribution >= 0.6 is 0 Å². The molecule has 2 aliphatic rings. The van der Waals surface area contributed by atoms with Crippen LogP contribution in [0.2, 0.25) is 0 Å². The van der Waals surface area contributed by atoms with Crippen molar-refractivity contribution in [1.29, 1.82) is 0 Å². The van der Waals surface area contributed by atoms with Gasteiger partial charge in [0.25, 0.3) is 0 Å². The summed E-state index contributed by atoms with van der Waals surface area (Å²) in [6.45, 7) is 11.5. The topological polar surface area (TPSA) is 70.8 Å². The molecule has 2 fully saturated rings. The van der Waals surface area contributed by atoms with Gasteiger partial charge < -0.3 is 15.8 Å². The van der Waals surface area contributed by atoms with Crippen LogP contribution < -0.4 is 11.1 Å². The minimum Gasteiger partial charge on any atom is -0.444 e. The first-order valence-electron chi connectivity index (χ1n) is 8.54. The predicted molar refractivity (Wildman–Crippen MR) is 87.9 cm³/mol. The highest BCUT2D eigenvalue weighted by atomic mass is 16.6. The zero-order valence-corrected chi connectivity index (χ0v) is 14.3. The van der Waals surface area contributed by atoms with E-state index in [9.17, 15) is 4.79 Å². The van der Waals surface area contributed by atoms with Crippen LogP contribution in [0.5, 0.6) is 0 Å². The number of nitrogens with two attached hydrogens (primary N) is 1. The summed E-state index contributed by atoms with van der Waals surface area (Å²) in [4.78, 5) is 16.8. The Morgan fingerprint density at radius 2 is 2.14 bits per heavy atom. The summed E-state index contributed by atoms with van der Waals surface area (Å²) in [6, 6.07) is 1.05. The molecule has 0 aromatic heterocycles. The molecule has 0 bridgehead atoms. The highest BCUT2D eigenvalue weighted by Crippen LogP contribution is 2.23. The lowest BCUT2D eigenvalue weighted by Crippen LogP contribution is -2.55. The summed E-state index contributed by atoms with van der Waals surface area (Å²) in [5, 5.41) is 2.84. The number of nitrogens with zero attached hydrogens (tertiary/aromatic N) is 2. The molecular weight excluding hydrogens is 280 g/mol. The molecule has 2 aliphatic heterocycles. The van der Waals surface area contributed by atoms with E-state index in [1.54, 1.807) is 0 Å². The SMILES string of the molecule is CC(C)(C)OC(=O)NCCC(CN)N1CCN2CCCC2C1. The molecule has 0 spiro atoms. The van der Waals surface area contributed by atoms with Gasteiger partial charge in [-0.2, -0.15) is 0 Å². The van der Waals surface area contributed by atoms with Gasteiger partial charge in [0, 0.05) is 44.8 Å². The Hall–Kier alpha value is -0.850. The maximum Gasteiger partial charge on any atom is 0.407 e. The second kappa shape index (κ2) is 7.62. The standard InChI is InChI=1S/C16H32N4O2/c1-16(2,3)22-15(21)18-7-6-13(11-17)20-10-9-19-8-4-5-14(19)12-20/h13-14H,4-12,17H2,1-3H3,(H,18,21). The van der Waals surface area contributed by atoms with Gasteiger partial charge >= 0.3 is 6.09 Å². The average molecular weight is 312 g/mol. The van der Waals surface area contributed by atoms with Crippen LogP contribution in [0, 0.1) is 0 Å². The van der Waals surface area contributed by atoms with Gasteiger partial charge in [-0.15, -0.1) is 0 Å². The van der Waals surface area contributed by atoms with E-state index in [-0.39, 0.29) is 6.09 Å². The fourth-order valence-corrected chi connectivity index (χ4v) is 3.45. The van der Waals surface area contributed by atoms with E-state index in [0.29, 0.717) is 25.2 Å². The number of alkyl carbamates (subject to hydrolysis) is 1. The minimum atomic E-state index is -0.448. The van der Waals surface area contributed by atoms with Crippen molar-refractivity contribution in [2.45, 2.75) is 57.7 Å². The summed E-state index contributed by atoms with van der Waals surface area (Å²) < 4.78 is 5.25. The molecule has 1 amide bonds. The number of hydrogen-bond donors (Lipinski definition) is 2. The van der Waals surface area contributed by atoms with Crippen LogP contribution in [0.25, 0.3) is 0 Å². The number of amides is 1. The number of nitrogens with one attached hydrogen (secondary N) is 1. The fraction of sp³-hybridized carbons (Fsp3) is 0.938. The van der Waals surface area contributed by atoms with Crippen molar-refractivity contribution >= 4 is 6.09 Å². The molecule has 2 atom stereocenters. The van der Waals surface area contributed by atoms with E-state index in [1.807, 2.05) is 20.8 Å². The van der Waals surface area contributed by atoms with Gasteiger partial charge in [-0.3, -0.25) is 9.80 Å². The van der Waals surface area contributed by atoms with Crippen molar-refractivity contribution in [3.8, 4) is 0 Å². The van der Waals surface area contributed by atoms with E-state index >= 15 is 0 Å². The van der Waals surface area contributed by atoms with E-state index in [1.165, 1.54) is 19.4 Å². The fourth-order valence-electron chi connectivity index (χ4n) is 3.45. The lowest BCUT2D eigenvalue weighted by molar-refractivity contribution is 0.0504. The second-order valence-corrected chi connectivity index (χ2v) is 7.43. The van der Waals surface area contributed by atoms with Crippen molar-refractivity contribution in [2.24, 2.45) is 5.73 Å². The van der Waals surface area contributed by atoms with Crippen molar-refractivity contribution in [2.75, 3.05) is 39.3 Å². The highest BCUT2D eigenvalue weighted by Gasteiger charge is 2.32. The van der Waals surface area contributed by atoms with Crippen molar-refractivity contribution in [3.05, 3.63) is 0 Å². The third kappa shape index (κ3) is 5.11. The van der Waals surface area contributed by atoms with Gasteiger partial charge in [0.05, 0.1) is 0 Å². The second-order valence-electron chi connectivity index (χ2n) is 7.43. The van der Waals surface area contributed by atoms with Gasteiger partial charge in [-0.05, 0) is 46.6 Å². The molecule has 128 valence electrons. The zero-order valence-electron chi connectivity index (χ0n) is 14.3. The van der Waals surface area contributed by atoms with Gasteiger partial charge in [0.1, 0.15) is 5.60 Å². The van der Waals surface area contributed by atoms with Gasteiger partial charge in [-0.25, -0.2) is 4.79 Å². The number of carbonyl (C=O) groups is 1. The van der Waals surface area contributed by atoms with E-state index in [4.69, 9.17) is 10.5 Å². The Morgan fingerprint density at radius 1 is 1.36 bits per heavy atom. The smallest absolute Gasteiger partial charge is 0.407 e. The summed E-state index contributed by atoms with van der Waals surface area (Å²) in [7, 11) is 0. The van der Waals surface area contributed by atoms with Gasteiger partial charge in [-0.1, -0.05) is 0 Å². The minimum absolute atomic E-state index is 0.344. The molecule has 22 heavy (non-hydrogen) atoms. The molecule has 3 N–H and O–H groups in total. The van der Waals surface area contributed by atoms with E-state index in [0.717, 1.165) is 26.1 Å². The quantitative estimate of drug-likeness (QED) is 0.793. The van der Waals surface area contributed by atoms with E-state index < -0.39 is 5.60 Å². The van der Waals surface area contributed by atoms with Crippen LogP contribution in [-0.2, 0) is 4.74 Å². The zero-order chi connectivity index (χ0) is 16.2. The molecule has 2 heterocycles. The van der Waals surface area contributed by atoms with Crippen molar-refractivity contribution in [1.82, 2.24) is 15.1 Å². The molecule has 2 saturated heterocycles. The van der Waals surface area contributed by atoms with Crippen molar-refractivity contribution < 1.29 is 9.53 Å². The number of hydrogen-bond acceptors (Lipinski definition) is 5. The maximum absolute atomic E-state index is 11.7. The summed E-state index contributed by atoms with van der Waals surface area (Å²) in [5.41, 5.74) is 5.51. The maximum atomic E-state index is 11.7. The number of piperazine rings is 1. The van der Waals surface area contributed by atoms with Crippen LogP contribution in [0.3, 0.4) is 0 Å². The van der Waals surface area contributed by atoms with Crippen LogP contribution in [0.4, 0.5) is 4.79 Å². The average Bonchev–Trinajstić information content (AvgIpc) is 2.89. The largest absolute Gasteiger partial charge is 0.444 e. The van der Waals surface area contributed by atoms with Crippen LogP contribution in [0.1, 0.15) is 40.0 Å². The Labute approximate surface area is 134 Å². The number of ether oxygens (including phenoxy) is 1. The number of carbonyl (C=O) groups excluding carboxylic acids is 1. The number of rotatable bonds is 5. The molecule has 0 radical (unpaired) electrons. The highest BCUT2D eigenvalue weighted by molar-refractivity contribution is 5.67. The molecule has 0 saturated carbocycles. The molecule has 2 unspecified atom stereocenters. The molecule has 6 heteroatoms. The Morgan fingerprint density at radius 3 is 2.82 bits per heavy atom. The van der Waals surface area contributed by atoms with E-state index in [2.05, 4.69) is 15.1 Å². The van der Waals surface area contributed by atoms with Gasteiger partial charge in [0.2, 0.25) is 0 Å². The normalized spacial score (nSPS) is 24.8. The third-order valence-electron chi connectivity index (χ3n) is 4.55. The third-order valence-corrected chi connectivity index (χ3v) is 4.55. The molecule has 0 aromatic carbocycles. The molecule has 6 nitrogen and oxygen atoms in total.